The molecule has 0 radical (unpaired) electrons. The van der Waals surface area contributed by atoms with Crippen LogP contribution in [0.25, 0.3) is 16.8 Å². The molecule has 0 aliphatic rings. The number of amides is 1. The van der Waals surface area contributed by atoms with E-state index >= 15 is 0 Å². The molecular weight excluding hydrogens is 429 g/mol. The minimum Gasteiger partial charge on any atom is -0.347 e. The number of rotatable bonds is 5. The second kappa shape index (κ2) is 8.96. The van der Waals surface area contributed by atoms with E-state index in [-0.39, 0.29) is 12.5 Å². The van der Waals surface area contributed by atoms with Gasteiger partial charge in [0, 0.05) is 12.2 Å². The Bertz CT molecular complexity index is 1230. The molecular formula is C25H21Cl2N3O. The highest BCUT2D eigenvalue weighted by Gasteiger charge is 2.14. The molecule has 0 saturated carbocycles. The summed E-state index contributed by atoms with van der Waals surface area (Å²) in [6, 6.07) is 19.9. The van der Waals surface area contributed by atoms with Crippen LogP contribution in [0.3, 0.4) is 0 Å². The van der Waals surface area contributed by atoms with Crippen molar-refractivity contribution in [1.82, 2.24) is 14.9 Å². The molecule has 156 valence electrons. The number of aromatic nitrogens is 2. The third-order valence-corrected chi connectivity index (χ3v) is 5.90. The van der Waals surface area contributed by atoms with Gasteiger partial charge in [-0.15, -0.1) is 0 Å². The predicted molar refractivity (Wildman–Crippen MR) is 126 cm³/mol. The molecule has 4 aromatic rings. The lowest BCUT2D eigenvalue weighted by Crippen LogP contribution is -2.25. The number of hydrogen-bond acceptors (Lipinski definition) is 2. The van der Waals surface area contributed by atoms with Crippen LogP contribution in [0.1, 0.15) is 27.2 Å². The van der Waals surface area contributed by atoms with Gasteiger partial charge in [-0.1, -0.05) is 76.8 Å². The topological polar surface area (TPSA) is 46.9 Å². The number of benzene rings is 3. The maximum Gasteiger partial charge on any atom is 0.270 e. The van der Waals surface area contributed by atoms with E-state index in [2.05, 4.69) is 54.5 Å². The Balaban J connectivity index is 1.53. The van der Waals surface area contributed by atoms with Gasteiger partial charge in [-0.05, 0) is 48.7 Å². The molecule has 4 nitrogen and oxygen atoms in total. The molecule has 0 saturated heterocycles. The average molecular weight is 450 g/mol. The van der Waals surface area contributed by atoms with Gasteiger partial charge in [-0.25, -0.2) is 4.98 Å². The SMILES string of the molecule is Cc1cc(C)cc(-c2ccc(-n3cncc3C(=O)NCc3cccc(Cl)c3Cl)cc2)c1. The maximum atomic E-state index is 12.8. The molecule has 0 atom stereocenters. The summed E-state index contributed by atoms with van der Waals surface area (Å²) < 4.78 is 1.76. The fourth-order valence-corrected chi connectivity index (χ4v) is 3.96. The van der Waals surface area contributed by atoms with Crippen LogP contribution in [-0.4, -0.2) is 15.5 Å². The molecule has 1 N–H and O–H groups in total. The number of carbonyl (C=O) groups is 1. The maximum absolute atomic E-state index is 12.8. The third kappa shape index (κ3) is 4.66. The van der Waals surface area contributed by atoms with Crippen LogP contribution in [0.4, 0.5) is 0 Å². The summed E-state index contributed by atoms with van der Waals surface area (Å²) in [6.45, 7) is 4.46. The van der Waals surface area contributed by atoms with Crippen LogP contribution in [0.5, 0.6) is 0 Å². The van der Waals surface area contributed by atoms with E-state index in [4.69, 9.17) is 23.2 Å². The number of aryl methyl sites for hydroxylation is 2. The van der Waals surface area contributed by atoms with Crippen molar-refractivity contribution < 1.29 is 4.79 Å². The van der Waals surface area contributed by atoms with Crippen LogP contribution in [0, 0.1) is 13.8 Å². The lowest BCUT2D eigenvalue weighted by molar-refractivity contribution is 0.0944. The fraction of sp³-hybridized carbons (Fsp3) is 0.120. The van der Waals surface area contributed by atoms with Gasteiger partial charge >= 0.3 is 0 Å². The zero-order valence-corrected chi connectivity index (χ0v) is 18.7. The molecule has 0 aliphatic heterocycles. The van der Waals surface area contributed by atoms with Crippen LogP contribution >= 0.6 is 23.2 Å². The highest BCUT2D eigenvalue weighted by atomic mass is 35.5. The molecule has 1 aromatic heterocycles. The normalized spacial score (nSPS) is 10.8. The van der Waals surface area contributed by atoms with E-state index in [0.29, 0.717) is 15.7 Å². The standard InChI is InChI=1S/C25H21Cl2N3O/c1-16-10-17(2)12-20(11-16)18-6-8-21(9-7-18)30-15-28-14-23(30)25(31)29-13-19-4-3-5-22(26)24(19)27/h3-12,14-15H,13H2,1-2H3,(H,29,31). The van der Waals surface area contributed by atoms with E-state index < -0.39 is 0 Å². The predicted octanol–water partition coefficient (Wildman–Crippen LogP) is 6.39. The van der Waals surface area contributed by atoms with Crippen molar-refractivity contribution in [2.75, 3.05) is 0 Å². The first kappa shape index (κ1) is 21.2. The number of nitrogens with one attached hydrogen (secondary N) is 1. The summed E-state index contributed by atoms with van der Waals surface area (Å²) in [5.41, 5.74) is 6.81. The summed E-state index contributed by atoms with van der Waals surface area (Å²) >= 11 is 12.3. The zero-order chi connectivity index (χ0) is 22.0. The Morgan fingerprint density at radius 1 is 0.968 bits per heavy atom. The number of nitrogens with zero attached hydrogens (tertiary/aromatic N) is 2. The van der Waals surface area contributed by atoms with E-state index in [9.17, 15) is 4.79 Å². The zero-order valence-electron chi connectivity index (χ0n) is 17.2. The van der Waals surface area contributed by atoms with Gasteiger partial charge in [0.2, 0.25) is 0 Å². The summed E-state index contributed by atoms with van der Waals surface area (Å²) in [4.78, 5) is 16.9. The summed E-state index contributed by atoms with van der Waals surface area (Å²) in [6.07, 6.45) is 3.18. The van der Waals surface area contributed by atoms with Gasteiger partial charge < -0.3 is 5.32 Å². The highest BCUT2D eigenvalue weighted by Crippen LogP contribution is 2.26. The number of imidazole rings is 1. The number of hydrogen-bond donors (Lipinski definition) is 1. The molecule has 0 spiro atoms. The summed E-state index contributed by atoms with van der Waals surface area (Å²) in [5, 5.41) is 3.79. The van der Waals surface area contributed by atoms with Gasteiger partial charge in [0.15, 0.2) is 0 Å². The van der Waals surface area contributed by atoms with Gasteiger partial charge in [-0.2, -0.15) is 0 Å². The molecule has 4 rings (SSSR count). The van der Waals surface area contributed by atoms with Crippen molar-refractivity contribution in [3.63, 3.8) is 0 Å². The Kier molecular flexibility index (Phi) is 6.12. The van der Waals surface area contributed by atoms with E-state index in [1.54, 1.807) is 29.2 Å². The number of halogens is 2. The first-order chi connectivity index (χ1) is 14.9. The quantitative estimate of drug-likeness (QED) is 0.383. The second-order valence-corrected chi connectivity index (χ2v) is 8.25. The Morgan fingerprint density at radius 2 is 1.68 bits per heavy atom. The van der Waals surface area contributed by atoms with Crippen LogP contribution in [0.2, 0.25) is 10.0 Å². The molecule has 3 aromatic carbocycles. The number of carbonyl (C=O) groups excluding carboxylic acids is 1. The molecule has 0 bridgehead atoms. The largest absolute Gasteiger partial charge is 0.347 e. The highest BCUT2D eigenvalue weighted by molar-refractivity contribution is 6.42. The summed E-state index contributed by atoms with van der Waals surface area (Å²) in [7, 11) is 0. The molecule has 0 unspecified atom stereocenters. The fourth-order valence-electron chi connectivity index (χ4n) is 3.58. The molecule has 0 aliphatic carbocycles. The van der Waals surface area contributed by atoms with Gasteiger partial charge in [-0.3, -0.25) is 9.36 Å². The molecule has 6 heteroatoms. The minimum atomic E-state index is -0.244. The van der Waals surface area contributed by atoms with Crippen molar-refractivity contribution in [2.45, 2.75) is 20.4 Å². The van der Waals surface area contributed by atoms with E-state index in [1.165, 1.54) is 16.7 Å². The lowest BCUT2D eigenvalue weighted by atomic mass is 10.0. The van der Waals surface area contributed by atoms with Crippen LogP contribution in [-0.2, 0) is 6.54 Å². The first-order valence-corrected chi connectivity index (χ1v) is 10.6. The van der Waals surface area contributed by atoms with Crippen molar-refractivity contribution in [3.05, 3.63) is 106 Å². The molecule has 0 fully saturated rings. The third-order valence-electron chi connectivity index (χ3n) is 5.04. The molecule has 31 heavy (non-hydrogen) atoms. The second-order valence-electron chi connectivity index (χ2n) is 7.47. The van der Waals surface area contributed by atoms with Gasteiger partial charge in [0.25, 0.3) is 5.91 Å². The van der Waals surface area contributed by atoms with Crippen molar-refractivity contribution in [1.29, 1.82) is 0 Å². The Labute approximate surface area is 191 Å². The average Bonchev–Trinajstić information content (AvgIpc) is 3.24. The smallest absolute Gasteiger partial charge is 0.270 e. The Morgan fingerprint density at radius 3 is 2.39 bits per heavy atom. The monoisotopic (exact) mass is 449 g/mol. The van der Waals surface area contributed by atoms with Gasteiger partial charge in [0.1, 0.15) is 5.69 Å². The van der Waals surface area contributed by atoms with E-state index in [1.807, 2.05) is 18.2 Å². The Hall–Kier alpha value is -3.08. The molecule has 1 heterocycles. The first-order valence-electron chi connectivity index (χ1n) is 9.85. The van der Waals surface area contributed by atoms with Crippen molar-refractivity contribution in [2.24, 2.45) is 0 Å². The van der Waals surface area contributed by atoms with Crippen molar-refractivity contribution in [3.8, 4) is 16.8 Å². The van der Waals surface area contributed by atoms with Gasteiger partial charge in [0.05, 0.1) is 22.6 Å². The van der Waals surface area contributed by atoms with E-state index in [0.717, 1.165) is 16.8 Å². The lowest BCUT2D eigenvalue weighted by Gasteiger charge is -2.11. The van der Waals surface area contributed by atoms with Crippen LogP contribution in [0.15, 0.2) is 73.2 Å². The summed E-state index contributed by atoms with van der Waals surface area (Å²) in [5.74, 6) is -0.244. The van der Waals surface area contributed by atoms with Crippen molar-refractivity contribution >= 4 is 29.1 Å². The molecule has 1 amide bonds. The van der Waals surface area contributed by atoms with Crippen LogP contribution < -0.4 is 5.32 Å². The minimum absolute atomic E-state index is 0.244.